The lowest BCUT2D eigenvalue weighted by Gasteiger charge is -1.86. The van der Waals surface area contributed by atoms with E-state index >= 15 is 0 Å². The molecule has 0 saturated carbocycles. The maximum atomic E-state index is 4.21. The van der Waals surface area contributed by atoms with Gasteiger partial charge in [0.15, 0.2) is 5.65 Å². The molecule has 0 unspecified atom stereocenters. The molecule has 56 valence electrons. The summed E-state index contributed by atoms with van der Waals surface area (Å²) in [6.45, 7) is 4.07. The van der Waals surface area contributed by atoms with Crippen molar-refractivity contribution in [3.05, 3.63) is 23.7 Å². The molecule has 0 spiro atoms. The normalized spacial score (nSPS) is 10.7. The fourth-order valence-electron chi connectivity index (χ4n) is 1.15. The first-order valence-electron chi connectivity index (χ1n) is 3.55. The molecule has 3 nitrogen and oxygen atoms in total. The summed E-state index contributed by atoms with van der Waals surface area (Å²) < 4.78 is 0. The van der Waals surface area contributed by atoms with Crippen molar-refractivity contribution in [2.45, 2.75) is 13.8 Å². The van der Waals surface area contributed by atoms with Gasteiger partial charge in [-0.05, 0) is 19.4 Å². The summed E-state index contributed by atoms with van der Waals surface area (Å²) in [5, 5.41) is 0. The van der Waals surface area contributed by atoms with Crippen LogP contribution in [-0.2, 0) is 0 Å². The number of hydrogen-bond donors (Lipinski definition) is 1. The second-order valence-electron chi connectivity index (χ2n) is 2.63. The number of aromatic amines is 1. The van der Waals surface area contributed by atoms with E-state index in [1.807, 2.05) is 13.8 Å². The Labute approximate surface area is 64.5 Å². The van der Waals surface area contributed by atoms with Crippen molar-refractivity contribution in [3.63, 3.8) is 0 Å². The van der Waals surface area contributed by atoms with Crippen molar-refractivity contribution in [2.75, 3.05) is 0 Å². The van der Waals surface area contributed by atoms with Crippen LogP contribution in [-0.4, -0.2) is 15.0 Å². The Balaban J connectivity index is 2.92. The quantitative estimate of drug-likeness (QED) is 0.614. The number of aryl methyl sites for hydroxylation is 2. The smallest absolute Gasteiger partial charge is 0.156 e. The highest BCUT2D eigenvalue weighted by Gasteiger charge is 2.03. The summed E-state index contributed by atoms with van der Waals surface area (Å²) in [4.78, 5) is 11.5. The van der Waals surface area contributed by atoms with Gasteiger partial charge >= 0.3 is 0 Å². The number of fused-ring (bicyclic) bond motifs is 1. The lowest BCUT2D eigenvalue weighted by molar-refractivity contribution is 1.22. The molecule has 1 N–H and O–H groups in total. The van der Waals surface area contributed by atoms with E-state index in [0.717, 1.165) is 16.9 Å². The number of hydrogen-bond acceptors (Lipinski definition) is 2. The predicted octanol–water partition coefficient (Wildman–Crippen LogP) is 1.57. The molecule has 2 aromatic rings. The molecule has 2 heterocycles. The van der Waals surface area contributed by atoms with Gasteiger partial charge < -0.3 is 4.98 Å². The minimum absolute atomic E-state index is 0.877. The van der Waals surface area contributed by atoms with Crippen LogP contribution in [0.15, 0.2) is 12.4 Å². The molecule has 2 rings (SSSR count). The van der Waals surface area contributed by atoms with Crippen LogP contribution in [0.4, 0.5) is 0 Å². The Morgan fingerprint density at radius 3 is 2.64 bits per heavy atom. The molecule has 0 aliphatic rings. The molecule has 0 bridgehead atoms. The third-order valence-electron chi connectivity index (χ3n) is 1.92. The average Bonchev–Trinajstić information content (AvgIpc) is 2.30. The molecule has 0 atom stereocenters. The van der Waals surface area contributed by atoms with E-state index in [1.54, 1.807) is 12.4 Å². The first-order valence-corrected chi connectivity index (χ1v) is 3.55. The van der Waals surface area contributed by atoms with E-state index in [-0.39, 0.29) is 0 Å². The highest BCUT2D eigenvalue weighted by atomic mass is 14.9. The molecule has 11 heavy (non-hydrogen) atoms. The predicted molar refractivity (Wildman–Crippen MR) is 43.4 cm³/mol. The van der Waals surface area contributed by atoms with Crippen molar-refractivity contribution in [1.29, 1.82) is 0 Å². The Morgan fingerprint density at radius 1 is 1.18 bits per heavy atom. The maximum Gasteiger partial charge on any atom is 0.156 e. The van der Waals surface area contributed by atoms with Crippen molar-refractivity contribution in [3.8, 4) is 0 Å². The van der Waals surface area contributed by atoms with Crippen LogP contribution in [0.1, 0.15) is 11.3 Å². The van der Waals surface area contributed by atoms with Crippen LogP contribution in [0.5, 0.6) is 0 Å². The highest BCUT2D eigenvalue weighted by molar-refractivity contribution is 5.75. The molecule has 0 radical (unpaired) electrons. The van der Waals surface area contributed by atoms with E-state index in [0.29, 0.717) is 0 Å². The molecular weight excluding hydrogens is 138 g/mol. The second kappa shape index (κ2) is 2.05. The molecule has 0 amide bonds. The van der Waals surface area contributed by atoms with Crippen LogP contribution in [0.2, 0.25) is 0 Å². The molecule has 3 heteroatoms. The minimum atomic E-state index is 0.877. The fraction of sp³-hybridized carbons (Fsp3) is 0.250. The first kappa shape index (κ1) is 6.34. The Bertz CT molecular complexity index is 389. The van der Waals surface area contributed by atoms with Gasteiger partial charge in [0.05, 0.1) is 0 Å². The van der Waals surface area contributed by atoms with Crippen molar-refractivity contribution in [1.82, 2.24) is 15.0 Å². The summed E-state index contributed by atoms with van der Waals surface area (Å²) in [7, 11) is 0. The summed E-state index contributed by atoms with van der Waals surface area (Å²) in [6, 6.07) is 0. The van der Waals surface area contributed by atoms with Crippen LogP contribution >= 0.6 is 0 Å². The van der Waals surface area contributed by atoms with Gasteiger partial charge in [-0.3, -0.25) is 4.98 Å². The molecular formula is C8H9N3. The zero-order chi connectivity index (χ0) is 7.84. The molecule has 0 aromatic carbocycles. The van der Waals surface area contributed by atoms with Gasteiger partial charge in [0, 0.05) is 18.1 Å². The number of H-pyrrole nitrogens is 1. The highest BCUT2D eigenvalue weighted by Crippen LogP contribution is 2.15. The SMILES string of the molecule is Cc1[nH]c2nccnc2c1C. The zero-order valence-electron chi connectivity index (χ0n) is 6.55. The Morgan fingerprint density at radius 2 is 1.91 bits per heavy atom. The van der Waals surface area contributed by atoms with E-state index in [2.05, 4.69) is 15.0 Å². The minimum Gasteiger partial charge on any atom is -0.342 e. The number of nitrogens with zero attached hydrogens (tertiary/aromatic N) is 2. The largest absolute Gasteiger partial charge is 0.342 e. The lowest BCUT2D eigenvalue weighted by atomic mass is 10.3. The van der Waals surface area contributed by atoms with E-state index in [1.165, 1.54) is 5.56 Å². The third-order valence-corrected chi connectivity index (χ3v) is 1.92. The van der Waals surface area contributed by atoms with Gasteiger partial charge in [-0.15, -0.1) is 0 Å². The molecule has 0 aliphatic heterocycles. The summed E-state index contributed by atoms with van der Waals surface area (Å²) in [5.74, 6) is 0. The van der Waals surface area contributed by atoms with Gasteiger partial charge in [0.1, 0.15) is 5.52 Å². The standard InChI is InChI=1S/C8H9N3/c1-5-6(2)11-8-7(5)9-3-4-10-8/h3-4H,1-2H3,(H,10,11). The van der Waals surface area contributed by atoms with Gasteiger partial charge in [-0.25, -0.2) is 4.98 Å². The van der Waals surface area contributed by atoms with Crippen LogP contribution in [0.25, 0.3) is 11.2 Å². The van der Waals surface area contributed by atoms with Crippen LogP contribution in [0.3, 0.4) is 0 Å². The first-order chi connectivity index (χ1) is 5.29. The summed E-state index contributed by atoms with van der Waals surface area (Å²) in [5.41, 5.74) is 4.19. The summed E-state index contributed by atoms with van der Waals surface area (Å²) >= 11 is 0. The van der Waals surface area contributed by atoms with Crippen molar-refractivity contribution in [2.24, 2.45) is 0 Å². The Hall–Kier alpha value is -1.38. The monoisotopic (exact) mass is 147 g/mol. The molecule has 2 aromatic heterocycles. The van der Waals surface area contributed by atoms with Crippen molar-refractivity contribution < 1.29 is 0 Å². The van der Waals surface area contributed by atoms with Gasteiger partial charge in [0.2, 0.25) is 0 Å². The zero-order valence-corrected chi connectivity index (χ0v) is 6.55. The topological polar surface area (TPSA) is 41.6 Å². The molecule has 0 aliphatic carbocycles. The number of nitrogens with one attached hydrogen (secondary N) is 1. The summed E-state index contributed by atoms with van der Waals surface area (Å²) in [6.07, 6.45) is 3.40. The van der Waals surface area contributed by atoms with E-state index in [4.69, 9.17) is 0 Å². The lowest BCUT2D eigenvalue weighted by Crippen LogP contribution is -1.77. The van der Waals surface area contributed by atoms with E-state index < -0.39 is 0 Å². The maximum absolute atomic E-state index is 4.21. The Kier molecular flexibility index (Phi) is 1.18. The second-order valence-corrected chi connectivity index (χ2v) is 2.63. The van der Waals surface area contributed by atoms with Crippen molar-refractivity contribution >= 4 is 11.2 Å². The molecule has 0 saturated heterocycles. The van der Waals surface area contributed by atoms with Gasteiger partial charge in [-0.1, -0.05) is 0 Å². The average molecular weight is 147 g/mol. The van der Waals surface area contributed by atoms with Gasteiger partial charge in [0.25, 0.3) is 0 Å². The molecule has 0 fully saturated rings. The van der Waals surface area contributed by atoms with Crippen LogP contribution < -0.4 is 0 Å². The van der Waals surface area contributed by atoms with Gasteiger partial charge in [-0.2, -0.15) is 0 Å². The van der Waals surface area contributed by atoms with Crippen LogP contribution in [0, 0.1) is 13.8 Å². The van der Waals surface area contributed by atoms with E-state index in [9.17, 15) is 0 Å². The number of aromatic nitrogens is 3. The fourth-order valence-corrected chi connectivity index (χ4v) is 1.15. The number of rotatable bonds is 0. The third kappa shape index (κ3) is 0.808.